The van der Waals surface area contributed by atoms with E-state index in [2.05, 4.69) is 15.9 Å². The molecule has 0 unspecified atom stereocenters. The van der Waals surface area contributed by atoms with Crippen molar-refractivity contribution in [2.75, 3.05) is 13.1 Å². The molecule has 18 heavy (non-hydrogen) atoms. The Bertz CT molecular complexity index is 569. The van der Waals surface area contributed by atoms with Crippen LogP contribution in [0.15, 0.2) is 39.7 Å². The number of benzene rings is 1. The summed E-state index contributed by atoms with van der Waals surface area (Å²) >= 11 is 3.31. The third kappa shape index (κ3) is 2.66. The summed E-state index contributed by atoms with van der Waals surface area (Å²) in [6.45, 7) is 1.36. The van der Waals surface area contributed by atoms with Gasteiger partial charge >= 0.3 is 0 Å². The summed E-state index contributed by atoms with van der Waals surface area (Å²) in [5.74, 6) is 0. The van der Waals surface area contributed by atoms with E-state index in [1.165, 1.54) is 4.31 Å². The fourth-order valence-corrected chi connectivity index (χ4v) is 4.35. The molecule has 4 nitrogen and oxygen atoms in total. The zero-order valence-electron chi connectivity index (χ0n) is 9.84. The Balaban J connectivity index is 2.38. The van der Waals surface area contributed by atoms with Gasteiger partial charge in [0, 0.05) is 24.1 Å². The molecule has 2 N–H and O–H groups in total. The van der Waals surface area contributed by atoms with Gasteiger partial charge in [-0.2, -0.15) is 4.31 Å². The first-order valence-corrected chi connectivity index (χ1v) is 7.92. The maximum absolute atomic E-state index is 12.4. The molecule has 0 atom stereocenters. The van der Waals surface area contributed by atoms with Gasteiger partial charge in [-0.1, -0.05) is 18.2 Å². The molecule has 0 fully saturated rings. The highest BCUT2D eigenvalue weighted by molar-refractivity contribution is 9.10. The minimum absolute atomic E-state index is 0.301. The van der Waals surface area contributed by atoms with Crippen LogP contribution in [0.4, 0.5) is 0 Å². The third-order valence-electron chi connectivity index (χ3n) is 2.87. The van der Waals surface area contributed by atoms with Gasteiger partial charge in [-0.15, -0.1) is 0 Å². The van der Waals surface area contributed by atoms with Gasteiger partial charge in [0.25, 0.3) is 0 Å². The lowest BCUT2D eigenvalue weighted by molar-refractivity contribution is 0.437. The molecular weight excluding hydrogens is 316 g/mol. The number of rotatable bonds is 3. The largest absolute Gasteiger partial charge is 0.326 e. The second-order valence-corrected chi connectivity index (χ2v) is 6.85. The van der Waals surface area contributed by atoms with Crippen molar-refractivity contribution in [1.82, 2.24) is 4.31 Å². The van der Waals surface area contributed by atoms with Gasteiger partial charge in [-0.25, -0.2) is 8.42 Å². The van der Waals surface area contributed by atoms with Crippen molar-refractivity contribution in [2.24, 2.45) is 5.73 Å². The zero-order chi connectivity index (χ0) is 13.2. The highest BCUT2D eigenvalue weighted by atomic mass is 79.9. The van der Waals surface area contributed by atoms with E-state index in [1.807, 2.05) is 12.2 Å². The molecule has 0 aliphatic carbocycles. The van der Waals surface area contributed by atoms with Crippen molar-refractivity contribution in [1.29, 1.82) is 0 Å². The summed E-state index contributed by atoms with van der Waals surface area (Å²) in [5.41, 5.74) is 6.43. The third-order valence-corrected chi connectivity index (χ3v) is 5.71. The lowest BCUT2D eigenvalue weighted by atomic mass is 10.2. The molecule has 6 heteroatoms. The molecule has 0 amide bonds. The Labute approximate surface area is 116 Å². The van der Waals surface area contributed by atoms with Gasteiger partial charge < -0.3 is 5.73 Å². The number of hydrogen-bond acceptors (Lipinski definition) is 3. The summed E-state index contributed by atoms with van der Waals surface area (Å²) in [7, 11) is -3.42. The fourth-order valence-electron chi connectivity index (χ4n) is 1.86. The number of halogens is 1. The summed E-state index contributed by atoms with van der Waals surface area (Å²) < 4.78 is 26.9. The minimum Gasteiger partial charge on any atom is -0.326 e. The van der Waals surface area contributed by atoms with Crippen LogP contribution in [0.1, 0.15) is 12.0 Å². The molecule has 1 heterocycles. The highest BCUT2D eigenvalue weighted by Crippen LogP contribution is 2.27. The van der Waals surface area contributed by atoms with Gasteiger partial charge in [0.15, 0.2) is 0 Å². The van der Waals surface area contributed by atoms with Crippen molar-refractivity contribution in [3.63, 3.8) is 0 Å². The fraction of sp³-hybridized carbons (Fsp3) is 0.333. The Morgan fingerprint density at radius 2 is 2.11 bits per heavy atom. The summed E-state index contributed by atoms with van der Waals surface area (Å²) in [6, 6.07) is 5.12. The molecule has 98 valence electrons. The monoisotopic (exact) mass is 330 g/mol. The van der Waals surface area contributed by atoms with Crippen LogP contribution >= 0.6 is 15.9 Å². The van der Waals surface area contributed by atoms with Crippen molar-refractivity contribution >= 4 is 26.0 Å². The van der Waals surface area contributed by atoms with E-state index in [4.69, 9.17) is 5.73 Å². The first-order valence-electron chi connectivity index (χ1n) is 5.69. The molecule has 1 aromatic rings. The molecule has 1 aliphatic heterocycles. The van der Waals surface area contributed by atoms with Crippen LogP contribution in [-0.2, 0) is 16.6 Å². The first-order chi connectivity index (χ1) is 8.55. The van der Waals surface area contributed by atoms with E-state index in [1.54, 1.807) is 18.2 Å². The molecule has 0 spiro atoms. The number of nitrogens with two attached hydrogens (primary N) is 1. The van der Waals surface area contributed by atoms with E-state index in [0.717, 1.165) is 12.0 Å². The maximum atomic E-state index is 12.4. The van der Waals surface area contributed by atoms with Crippen molar-refractivity contribution < 1.29 is 8.42 Å². The summed E-state index contributed by atoms with van der Waals surface area (Å²) in [4.78, 5) is 0.301. The Kier molecular flexibility index (Phi) is 4.21. The molecule has 0 aromatic heterocycles. The standard InChI is InChI=1S/C12H15BrN2O2S/c13-11-8-10(9-14)4-5-12(11)18(16,17)15-6-2-1-3-7-15/h1-2,4-5,8H,3,6-7,9,14H2. The zero-order valence-corrected chi connectivity index (χ0v) is 12.2. The van der Waals surface area contributed by atoms with Crippen LogP contribution < -0.4 is 5.73 Å². The van der Waals surface area contributed by atoms with Gasteiger partial charge in [-0.05, 0) is 40.0 Å². The van der Waals surface area contributed by atoms with Gasteiger partial charge in [0.05, 0.1) is 4.90 Å². The van der Waals surface area contributed by atoms with Crippen molar-refractivity contribution in [2.45, 2.75) is 17.9 Å². The molecule has 2 rings (SSSR count). The summed E-state index contributed by atoms with van der Waals surface area (Å²) in [6.07, 6.45) is 4.64. The van der Waals surface area contributed by atoms with Crippen molar-refractivity contribution in [3.05, 3.63) is 40.4 Å². The van der Waals surface area contributed by atoms with E-state index in [0.29, 0.717) is 29.0 Å². The van der Waals surface area contributed by atoms with E-state index >= 15 is 0 Å². The number of nitrogens with zero attached hydrogens (tertiary/aromatic N) is 1. The minimum atomic E-state index is -3.42. The predicted octanol–water partition coefficient (Wildman–Crippen LogP) is 1.86. The van der Waals surface area contributed by atoms with Gasteiger partial charge in [0.2, 0.25) is 10.0 Å². The van der Waals surface area contributed by atoms with E-state index in [9.17, 15) is 8.42 Å². The molecule has 0 saturated carbocycles. The van der Waals surface area contributed by atoms with Gasteiger partial charge in [0.1, 0.15) is 0 Å². The maximum Gasteiger partial charge on any atom is 0.244 e. The van der Waals surface area contributed by atoms with Crippen LogP contribution in [-0.4, -0.2) is 25.8 Å². The van der Waals surface area contributed by atoms with E-state index < -0.39 is 10.0 Å². The Morgan fingerprint density at radius 3 is 2.67 bits per heavy atom. The highest BCUT2D eigenvalue weighted by Gasteiger charge is 2.26. The second kappa shape index (κ2) is 5.52. The quantitative estimate of drug-likeness (QED) is 0.860. The van der Waals surface area contributed by atoms with Crippen LogP contribution in [0, 0.1) is 0 Å². The smallest absolute Gasteiger partial charge is 0.244 e. The average molecular weight is 331 g/mol. The first kappa shape index (κ1) is 13.7. The normalized spacial score (nSPS) is 17.0. The topological polar surface area (TPSA) is 63.4 Å². The van der Waals surface area contributed by atoms with E-state index in [-0.39, 0.29) is 0 Å². The Hall–Kier alpha value is -0.690. The number of sulfonamides is 1. The molecule has 0 bridgehead atoms. The molecule has 1 aliphatic rings. The lowest BCUT2D eigenvalue weighted by Crippen LogP contribution is -2.34. The number of hydrogen-bond donors (Lipinski definition) is 1. The van der Waals surface area contributed by atoms with Crippen LogP contribution in [0.25, 0.3) is 0 Å². The predicted molar refractivity (Wildman–Crippen MR) is 74.5 cm³/mol. The van der Waals surface area contributed by atoms with Crippen molar-refractivity contribution in [3.8, 4) is 0 Å². The SMILES string of the molecule is NCc1ccc(S(=O)(=O)N2CC=CCC2)c(Br)c1. The Morgan fingerprint density at radius 1 is 1.33 bits per heavy atom. The average Bonchev–Trinajstić information content (AvgIpc) is 2.39. The molecule has 1 aromatic carbocycles. The second-order valence-electron chi connectivity index (χ2n) is 4.09. The van der Waals surface area contributed by atoms with Crippen LogP contribution in [0.2, 0.25) is 0 Å². The molecular formula is C12H15BrN2O2S. The van der Waals surface area contributed by atoms with Crippen LogP contribution in [0.5, 0.6) is 0 Å². The van der Waals surface area contributed by atoms with Crippen LogP contribution in [0.3, 0.4) is 0 Å². The molecule has 0 saturated heterocycles. The molecule has 0 radical (unpaired) electrons. The van der Waals surface area contributed by atoms with Gasteiger partial charge in [-0.3, -0.25) is 0 Å². The lowest BCUT2D eigenvalue weighted by Gasteiger charge is -2.23. The summed E-state index contributed by atoms with van der Waals surface area (Å²) in [5, 5.41) is 0.